The molecule has 0 spiro atoms. The highest BCUT2D eigenvalue weighted by atomic mass is 35.5. The molecule has 4 heteroatoms. The predicted octanol–water partition coefficient (Wildman–Crippen LogP) is -0.478. The van der Waals surface area contributed by atoms with Gasteiger partial charge in [0.15, 0.2) is 0 Å². The summed E-state index contributed by atoms with van der Waals surface area (Å²) in [4.78, 5) is 9.99. The molecule has 0 aliphatic rings. The Morgan fingerprint density at radius 1 is 1.88 bits per heavy atom. The summed E-state index contributed by atoms with van der Waals surface area (Å²) < 4.78 is 0. The number of rotatable bonds is 2. The minimum absolute atomic E-state index is 0. The van der Waals surface area contributed by atoms with Crippen molar-refractivity contribution in [3.05, 3.63) is 0 Å². The van der Waals surface area contributed by atoms with Gasteiger partial charge in [0.1, 0.15) is 0 Å². The molecule has 1 atom stereocenters. The molecular formula is C4H10ClNO2. The summed E-state index contributed by atoms with van der Waals surface area (Å²) in [7, 11) is 0. The van der Waals surface area contributed by atoms with E-state index in [0.29, 0.717) is 0 Å². The number of hydrogen-bond donors (Lipinski definition) is 2. The Labute approximate surface area is 54.3 Å². The van der Waals surface area contributed by atoms with Crippen molar-refractivity contribution in [2.45, 2.75) is 6.92 Å². The summed E-state index contributed by atoms with van der Waals surface area (Å²) in [6.45, 7) is 1.41. The molecule has 0 rings (SSSR count). The molecule has 1 amide bonds. The zero-order valence-corrected chi connectivity index (χ0v) is 5.44. The minimum Gasteiger partial charge on any atom is -0.396 e. The van der Waals surface area contributed by atoms with Crippen molar-refractivity contribution in [1.82, 2.24) is 0 Å². The van der Waals surface area contributed by atoms with Gasteiger partial charge in [0.2, 0.25) is 5.91 Å². The van der Waals surface area contributed by atoms with E-state index in [2.05, 4.69) is 0 Å². The Morgan fingerprint density at radius 2 is 2.25 bits per heavy atom. The van der Waals surface area contributed by atoms with Gasteiger partial charge in [0, 0.05) is 0 Å². The van der Waals surface area contributed by atoms with Crippen LogP contribution in [0.1, 0.15) is 6.92 Å². The van der Waals surface area contributed by atoms with Gasteiger partial charge in [-0.25, -0.2) is 0 Å². The Balaban J connectivity index is 0. The standard InChI is InChI=1S/C4H9NO2.ClH/c1-3(2-6)4(5)7;/h3,6H,2H2,1H3,(H2,5,7);1H. The number of carbonyl (C=O) groups excluding carboxylic acids is 1. The molecule has 0 aromatic heterocycles. The predicted molar refractivity (Wildman–Crippen MR) is 32.7 cm³/mol. The summed E-state index contributed by atoms with van der Waals surface area (Å²) in [6.07, 6.45) is 0. The topological polar surface area (TPSA) is 63.3 Å². The van der Waals surface area contributed by atoms with Crippen molar-refractivity contribution in [2.24, 2.45) is 11.7 Å². The summed E-state index contributed by atoms with van der Waals surface area (Å²) >= 11 is 0. The first kappa shape index (κ1) is 10.7. The van der Waals surface area contributed by atoms with Crippen molar-refractivity contribution in [2.75, 3.05) is 6.61 Å². The van der Waals surface area contributed by atoms with Crippen molar-refractivity contribution in [3.8, 4) is 0 Å². The number of aliphatic hydroxyl groups excluding tert-OH is 1. The SMILES string of the molecule is CC(CO)C(N)=O.Cl. The second-order valence-electron chi connectivity index (χ2n) is 1.49. The normalized spacial score (nSPS) is 11.8. The third kappa shape index (κ3) is 3.89. The molecular weight excluding hydrogens is 130 g/mol. The molecule has 0 heterocycles. The van der Waals surface area contributed by atoms with E-state index in [4.69, 9.17) is 10.8 Å². The lowest BCUT2D eigenvalue weighted by molar-refractivity contribution is -0.122. The van der Waals surface area contributed by atoms with Crippen LogP contribution in [0.2, 0.25) is 0 Å². The van der Waals surface area contributed by atoms with Crippen LogP contribution in [-0.2, 0) is 4.79 Å². The zero-order chi connectivity index (χ0) is 5.86. The second kappa shape index (κ2) is 4.87. The number of nitrogens with two attached hydrogens (primary N) is 1. The van der Waals surface area contributed by atoms with E-state index in [-0.39, 0.29) is 19.0 Å². The van der Waals surface area contributed by atoms with E-state index >= 15 is 0 Å². The van der Waals surface area contributed by atoms with Crippen molar-refractivity contribution in [3.63, 3.8) is 0 Å². The summed E-state index contributed by atoms with van der Waals surface area (Å²) in [5, 5.41) is 8.20. The van der Waals surface area contributed by atoms with Gasteiger partial charge in [0.25, 0.3) is 0 Å². The molecule has 0 aliphatic heterocycles. The van der Waals surface area contributed by atoms with Gasteiger partial charge in [-0.15, -0.1) is 12.4 Å². The van der Waals surface area contributed by atoms with E-state index in [1.54, 1.807) is 6.92 Å². The summed E-state index contributed by atoms with van der Waals surface area (Å²) in [6, 6.07) is 0. The fourth-order valence-corrected chi connectivity index (χ4v) is 0.0900. The van der Waals surface area contributed by atoms with Gasteiger partial charge in [-0.1, -0.05) is 6.92 Å². The van der Waals surface area contributed by atoms with Crippen molar-refractivity contribution in [1.29, 1.82) is 0 Å². The number of amides is 1. The van der Waals surface area contributed by atoms with E-state index < -0.39 is 11.8 Å². The zero-order valence-electron chi connectivity index (χ0n) is 4.63. The van der Waals surface area contributed by atoms with Gasteiger partial charge in [0.05, 0.1) is 12.5 Å². The van der Waals surface area contributed by atoms with Gasteiger partial charge in [-0.2, -0.15) is 0 Å². The molecule has 8 heavy (non-hydrogen) atoms. The maximum absolute atomic E-state index is 9.99. The molecule has 0 bridgehead atoms. The summed E-state index contributed by atoms with van der Waals surface area (Å²) in [5.74, 6) is -0.859. The smallest absolute Gasteiger partial charge is 0.222 e. The fourth-order valence-electron chi connectivity index (χ4n) is 0.0900. The first-order valence-corrected chi connectivity index (χ1v) is 2.08. The largest absolute Gasteiger partial charge is 0.396 e. The van der Waals surface area contributed by atoms with Gasteiger partial charge < -0.3 is 10.8 Å². The molecule has 0 radical (unpaired) electrons. The van der Waals surface area contributed by atoms with E-state index in [0.717, 1.165) is 0 Å². The molecule has 0 saturated carbocycles. The maximum Gasteiger partial charge on any atom is 0.222 e. The molecule has 0 fully saturated rings. The van der Waals surface area contributed by atoms with Crippen LogP contribution in [0, 0.1) is 5.92 Å². The molecule has 0 saturated heterocycles. The van der Waals surface area contributed by atoms with E-state index in [1.165, 1.54) is 0 Å². The van der Waals surface area contributed by atoms with Crippen LogP contribution < -0.4 is 5.73 Å². The molecule has 1 unspecified atom stereocenters. The highest BCUT2D eigenvalue weighted by molar-refractivity contribution is 5.85. The quantitative estimate of drug-likeness (QED) is 0.543. The molecule has 0 aliphatic carbocycles. The Kier molecular flexibility index (Phi) is 6.48. The van der Waals surface area contributed by atoms with Crippen LogP contribution in [-0.4, -0.2) is 17.6 Å². The lowest BCUT2D eigenvalue weighted by Gasteiger charge is -1.97. The van der Waals surface area contributed by atoms with Crippen LogP contribution in [0.15, 0.2) is 0 Å². The lowest BCUT2D eigenvalue weighted by atomic mass is 10.2. The van der Waals surface area contributed by atoms with Crippen LogP contribution in [0.5, 0.6) is 0 Å². The fraction of sp³-hybridized carbons (Fsp3) is 0.750. The Morgan fingerprint density at radius 3 is 2.25 bits per heavy atom. The van der Waals surface area contributed by atoms with Crippen LogP contribution in [0.4, 0.5) is 0 Å². The highest BCUT2D eigenvalue weighted by Crippen LogP contribution is 1.86. The molecule has 0 aromatic carbocycles. The number of primary amides is 1. The van der Waals surface area contributed by atoms with Crippen LogP contribution in [0.3, 0.4) is 0 Å². The molecule has 0 aromatic rings. The molecule has 3 nitrogen and oxygen atoms in total. The number of carbonyl (C=O) groups is 1. The average Bonchev–Trinajstić information content (AvgIpc) is 1.65. The number of halogens is 1. The third-order valence-electron chi connectivity index (χ3n) is 0.760. The highest BCUT2D eigenvalue weighted by Gasteiger charge is 2.03. The maximum atomic E-state index is 9.99. The second-order valence-corrected chi connectivity index (χ2v) is 1.49. The number of hydrogen-bond acceptors (Lipinski definition) is 2. The van der Waals surface area contributed by atoms with E-state index in [9.17, 15) is 4.79 Å². The first-order chi connectivity index (χ1) is 3.18. The molecule has 3 N–H and O–H groups in total. The van der Waals surface area contributed by atoms with Crippen molar-refractivity contribution < 1.29 is 9.90 Å². The van der Waals surface area contributed by atoms with Gasteiger partial charge in [-0.3, -0.25) is 4.79 Å². The van der Waals surface area contributed by atoms with Gasteiger partial charge >= 0.3 is 0 Å². The summed E-state index contributed by atoms with van der Waals surface area (Å²) in [5.41, 5.74) is 4.75. The van der Waals surface area contributed by atoms with Crippen LogP contribution >= 0.6 is 12.4 Å². The van der Waals surface area contributed by atoms with Crippen LogP contribution in [0.25, 0.3) is 0 Å². The third-order valence-corrected chi connectivity index (χ3v) is 0.760. The van der Waals surface area contributed by atoms with E-state index in [1.807, 2.05) is 0 Å². The van der Waals surface area contributed by atoms with Crippen molar-refractivity contribution >= 4 is 18.3 Å². The van der Waals surface area contributed by atoms with Gasteiger partial charge in [-0.05, 0) is 0 Å². The first-order valence-electron chi connectivity index (χ1n) is 2.08. The number of aliphatic hydroxyl groups is 1. The molecule has 50 valence electrons. The average molecular weight is 140 g/mol. The Bertz CT molecular complexity index is 76.4. The minimum atomic E-state index is -0.456. The lowest BCUT2D eigenvalue weighted by Crippen LogP contribution is -2.22. The Hall–Kier alpha value is -0.280. The monoisotopic (exact) mass is 139 g/mol.